The summed E-state index contributed by atoms with van der Waals surface area (Å²) in [5.41, 5.74) is 1.97. The minimum atomic E-state index is -3.86. The van der Waals surface area contributed by atoms with E-state index in [2.05, 4.69) is 10.3 Å². The van der Waals surface area contributed by atoms with Crippen LogP contribution in [-0.2, 0) is 10.0 Å². The Bertz CT molecular complexity index is 1380. The quantitative estimate of drug-likeness (QED) is 0.442. The molecule has 0 aliphatic heterocycles. The SMILES string of the molecule is NS(=O)(=O)c1ccc(-c2nc(NC(=O)c3ccc(F)cc3)sc2-c2ccc(F)cc2)cc1. The number of carbonyl (C=O) groups excluding carboxylic acids is 1. The lowest BCUT2D eigenvalue weighted by molar-refractivity contribution is 0.102. The Morgan fingerprint density at radius 1 is 0.844 bits per heavy atom. The first-order chi connectivity index (χ1) is 15.2. The number of hydrogen-bond acceptors (Lipinski definition) is 5. The van der Waals surface area contributed by atoms with Crippen molar-refractivity contribution in [3.63, 3.8) is 0 Å². The summed E-state index contributed by atoms with van der Waals surface area (Å²) in [6, 6.07) is 16.6. The number of hydrogen-bond donors (Lipinski definition) is 2. The minimum Gasteiger partial charge on any atom is -0.298 e. The second-order valence-corrected chi connectivity index (χ2v) is 9.29. The molecule has 0 fully saturated rings. The van der Waals surface area contributed by atoms with Gasteiger partial charge in [-0.1, -0.05) is 35.6 Å². The molecular weight excluding hydrogens is 456 g/mol. The number of aromatic nitrogens is 1. The fourth-order valence-corrected chi connectivity index (χ4v) is 4.44. The normalized spacial score (nSPS) is 11.3. The van der Waals surface area contributed by atoms with Crippen LogP contribution >= 0.6 is 11.3 Å². The molecule has 0 aliphatic rings. The van der Waals surface area contributed by atoms with Gasteiger partial charge in [-0.2, -0.15) is 0 Å². The molecule has 0 saturated heterocycles. The molecule has 162 valence electrons. The molecular formula is C22H15F2N3O3S2. The summed E-state index contributed by atoms with van der Waals surface area (Å²) in [7, 11) is -3.86. The number of nitrogens with zero attached hydrogens (tertiary/aromatic N) is 1. The molecule has 1 aromatic heterocycles. The van der Waals surface area contributed by atoms with E-state index in [1.807, 2.05) is 0 Å². The number of sulfonamides is 1. The Labute approximate surface area is 186 Å². The van der Waals surface area contributed by atoms with E-state index < -0.39 is 27.6 Å². The lowest BCUT2D eigenvalue weighted by atomic mass is 10.1. The molecule has 3 N–H and O–H groups in total. The van der Waals surface area contributed by atoms with E-state index in [1.54, 1.807) is 24.3 Å². The van der Waals surface area contributed by atoms with Crippen molar-refractivity contribution >= 4 is 32.4 Å². The van der Waals surface area contributed by atoms with Crippen LogP contribution in [0.15, 0.2) is 77.7 Å². The molecule has 3 aromatic carbocycles. The molecule has 0 radical (unpaired) electrons. The Morgan fingerprint density at radius 2 is 1.38 bits per heavy atom. The smallest absolute Gasteiger partial charge is 0.257 e. The number of halogens is 2. The highest BCUT2D eigenvalue weighted by atomic mass is 32.2. The average Bonchev–Trinajstić information content (AvgIpc) is 3.18. The number of nitrogens with one attached hydrogen (secondary N) is 1. The molecule has 6 nitrogen and oxygen atoms in total. The highest BCUT2D eigenvalue weighted by molar-refractivity contribution is 7.89. The summed E-state index contributed by atoms with van der Waals surface area (Å²) >= 11 is 1.17. The van der Waals surface area contributed by atoms with Crippen molar-refractivity contribution in [1.29, 1.82) is 0 Å². The number of nitrogens with two attached hydrogens (primary N) is 1. The zero-order chi connectivity index (χ0) is 22.9. The second kappa shape index (κ2) is 8.58. The molecule has 4 rings (SSSR count). The van der Waals surface area contributed by atoms with Crippen molar-refractivity contribution in [3.05, 3.63) is 90.0 Å². The zero-order valence-electron chi connectivity index (χ0n) is 16.2. The van der Waals surface area contributed by atoms with Gasteiger partial charge in [0, 0.05) is 11.1 Å². The van der Waals surface area contributed by atoms with E-state index in [-0.39, 0.29) is 15.6 Å². The maximum atomic E-state index is 13.4. The molecule has 0 spiro atoms. The number of thiazole rings is 1. The molecule has 0 bridgehead atoms. The van der Waals surface area contributed by atoms with Gasteiger partial charge in [-0.3, -0.25) is 10.1 Å². The van der Waals surface area contributed by atoms with Crippen molar-refractivity contribution in [1.82, 2.24) is 4.98 Å². The van der Waals surface area contributed by atoms with Gasteiger partial charge in [0.1, 0.15) is 11.6 Å². The second-order valence-electron chi connectivity index (χ2n) is 6.73. The van der Waals surface area contributed by atoms with Crippen molar-refractivity contribution in [2.24, 2.45) is 5.14 Å². The predicted molar refractivity (Wildman–Crippen MR) is 119 cm³/mol. The number of benzene rings is 3. The van der Waals surface area contributed by atoms with Crippen molar-refractivity contribution in [3.8, 4) is 21.7 Å². The van der Waals surface area contributed by atoms with Crippen LogP contribution in [0.5, 0.6) is 0 Å². The molecule has 4 aromatic rings. The Balaban J connectivity index is 1.74. The van der Waals surface area contributed by atoms with Gasteiger partial charge in [-0.25, -0.2) is 27.3 Å². The van der Waals surface area contributed by atoms with Crippen LogP contribution in [0.3, 0.4) is 0 Å². The highest BCUT2D eigenvalue weighted by Crippen LogP contribution is 2.39. The first-order valence-corrected chi connectivity index (χ1v) is 11.5. The van der Waals surface area contributed by atoms with Gasteiger partial charge in [-0.05, 0) is 54.1 Å². The number of primary sulfonamides is 1. The van der Waals surface area contributed by atoms with E-state index in [4.69, 9.17) is 5.14 Å². The first kappa shape index (κ1) is 21.8. The fourth-order valence-electron chi connectivity index (χ4n) is 2.94. The molecule has 1 amide bonds. The summed E-state index contributed by atoms with van der Waals surface area (Å²) in [6.07, 6.45) is 0. The molecule has 10 heteroatoms. The minimum absolute atomic E-state index is 0.0513. The summed E-state index contributed by atoms with van der Waals surface area (Å²) in [5.74, 6) is -1.33. The Kier molecular flexibility index (Phi) is 5.83. The zero-order valence-corrected chi connectivity index (χ0v) is 17.9. The largest absolute Gasteiger partial charge is 0.298 e. The van der Waals surface area contributed by atoms with E-state index in [0.29, 0.717) is 21.7 Å². The molecule has 0 saturated carbocycles. The molecule has 32 heavy (non-hydrogen) atoms. The van der Waals surface area contributed by atoms with Gasteiger partial charge in [0.2, 0.25) is 10.0 Å². The predicted octanol–water partition coefficient (Wildman–Crippen LogP) is 4.66. The van der Waals surface area contributed by atoms with E-state index in [0.717, 1.165) is 0 Å². The number of rotatable bonds is 5. The lowest BCUT2D eigenvalue weighted by Gasteiger charge is -2.04. The standard InChI is InChI=1S/C22H15F2N3O3S2/c23-16-7-1-14(2-8-16)20-19(13-5-11-18(12-6-13)32(25,29)30)26-22(31-20)27-21(28)15-3-9-17(24)10-4-15/h1-12H,(H2,25,29,30)(H,26,27,28). The van der Waals surface area contributed by atoms with Gasteiger partial charge in [-0.15, -0.1) is 0 Å². The van der Waals surface area contributed by atoms with E-state index in [1.165, 1.54) is 59.9 Å². The molecule has 1 heterocycles. The van der Waals surface area contributed by atoms with Crippen molar-refractivity contribution in [2.45, 2.75) is 4.90 Å². The van der Waals surface area contributed by atoms with Crippen LogP contribution in [0.4, 0.5) is 13.9 Å². The summed E-state index contributed by atoms with van der Waals surface area (Å²) in [5, 5.41) is 8.11. The molecule has 0 aliphatic carbocycles. The topological polar surface area (TPSA) is 102 Å². The monoisotopic (exact) mass is 471 g/mol. The van der Waals surface area contributed by atoms with Crippen LogP contribution in [0.25, 0.3) is 21.7 Å². The number of amides is 1. The van der Waals surface area contributed by atoms with Gasteiger partial charge in [0.15, 0.2) is 5.13 Å². The van der Waals surface area contributed by atoms with Gasteiger partial charge in [0.05, 0.1) is 15.5 Å². The van der Waals surface area contributed by atoms with Crippen LogP contribution in [-0.4, -0.2) is 19.3 Å². The van der Waals surface area contributed by atoms with Gasteiger partial charge < -0.3 is 0 Å². The van der Waals surface area contributed by atoms with E-state index in [9.17, 15) is 22.0 Å². The summed E-state index contributed by atoms with van der Waals surface area (Å²) in [6.45, 7) is 0. The van der Waals surface area contributed by atoms with Crippen molar-refractivity contribution in [2.75, 3.05) is 5.32 Å². The fraction of sp³-hybridized carbons (Fsp3) is 0. The highest BCUT2D eigenvalue weighted by Gasteiger charge is 2.18. The maximum absolute atomic E-state index is 13.4. The number of anilines is 1. The summed E-state index contributed by atoms with van der Waals surface area (Å²) in [4.78, 5) is 17.6. The Hall–Kier alpha value is -3.47. The Morgan fingerprint density at radius 3 is 1.94 bits per heavy atom. The van der Waals surface area contributed by atoms with E-state index >= 15 is 0 Å². The van der Waals surface area contributed by atoms with Gasteiger partial charge in [0.25, 0.3) is 5.91 Å². The molecule has 0 unspecified atom stereocenters. The summed E-state index contributed by atoms with van der Waals surface area (Å²) < 4.78 is 49.6. The maximum Gasteiger partial charge on any atom is 0.257 e. The average molecular weight is 472 g/mol. The third-order valence-corrected chi connectivity index (χ3v) is 6.47. The third-order valence-electron chi connectivity index (χ3n) is 4.52. The third kappa shape index (κ3) is 4.72. The first-order valence-electron chi connectivity index (χ1n) is 9.17. The van der Waals surface area contributed by atoms with Crippen LogP contribution in [0, 0.1) is 11.6 Å². The lowest BCUT2D eigenvalue weighted by Crippen LogP contribution is -2.12. The van der Waals surface area contributed by atoms with Gasteiger partial charge >= 0.3 is 0 Å². The van der Waals surface area contributed by atoms with Crippen LogP contribution < -0.4 is 10.5 Å². The number of carbonyl (C=O) groups is 1. The van der Waals surface area contributed by atoms with Crippen molar-refractivity contribution < 1.29 is 22.0 Å². The van der Waals surface area contributed by atoms with Crippen LogP contribution in [0.1, 0.15) is 10.4 Å². The van der Waals surface area contributed by atoms with Crippen LogP contribution in [0.2, 0.25) is 0 Å². The molecule has 0 atom stereocenters.